The number of primary amides is 1. The van der Waals surface area contributed by atoms with Crippen LogP contribution in [0.15, 0.2) is 47.5 Å². The van der Waals surface area contributed by atoms with Gasteiger partial charge in [0.25, 0.3) is 5.91 Å². The third-order valence-electron chi connectivity index (χ3n) is 8.40. The number of carbonyl (C=O) groups is 3. The second-order valence-corrected chi connectivity index (χ2v) is 11.2. The molecule has 1 heterocycles. The molecule has 4 unspecified atom stereocenters. The van der Waals surface area contributed by atoms with Gasteiger partial charge in [0.15, 0.2) is 11.4 Å². The molecule has 0 bridgehead atoms. The first kappa shape index (κ1) is 28.1. The highest BCUT2D eigenvalue weighted by Gasteiger charge is 2.64. The van der Waals surface area contributed by atoms with Crippen molar-refractivity contribution in [2.45, 2.75) is 31.0 Å². The molecule has 3 aliphatic rings. The number of aliphatic hydroxyl groups excluding tert-OH is 2. The zero-order valence-electron chi connectivity index (χ0n) is 23.2. The van der Waals surface area contributed by atoms with E-state index in [9.17, 15) is 34.8 Å². The number of fused-ring (bicyclic) bond motifs is 3. The number of pyridine rings is 1. The molecule has 2 aromatic rings. The molecule has 1 saturated carbocycles. The quantitative estimate of drug-likeness (QED) is 0.275. The minimum absolute atomic E-state index is 0.0315. The maximum atomic E-state index is 14.1. The summed E-state index contributed by atoms with van der Waals surface area (Å²) in [6.07, 6.45) is 3.50. The second-order valence-electron chi connectivity index (χ2n) is 11.2. The number of phenolic OH excluding ortho intramolecular Hbond substituents is 1. The number of amides is 1. The van der Waals surface area contributed by atoms with Crippen LogP contribution in [0.3, 0.4) is 0 Å². The number of likely N-dealkylation sites (N-methyl/N-ethyl adjacent to an activating group) is 1. The molecule has 0 spiro atoms. The zero-order valence-corrected chi connectivity index (χ0v) is 23.2. The molecule has 3 aliphatic carbocycles. The van der Waals surface area contributed by atoms with Gasteiger partial charge in [-0.3, -0.25) is 24.3 Å². The van der Waals surface area contributed by atoms with Crippen LogP contribution in [-0.4, -0.2) is 87.6 Å². The number of nitrogens with zero attached hydrogens (tertiary/aromatic N) is 3. The van der Waals surface area contributed by atoms with Gasteiger partial charge in [0.1, 0.15) is 22.8 Å². The average molecular weight is 564 g/mol. The lowest BCUT2D eigenvalue weighted by Gasteiger charge is -2.50. The van der Waals surface area contributed by atoms with Crippen molar-refractivity contribution in [1.82, 2.24) is 9.88 Å². The van der Waals surface area contributed by atoms with E-state index in [-0.39, 0.29) is 36.3 Å². The summed E-state index contributed by atoms with van der Waals surface area (Å²) in [5.41, 5.74) is 4.20. The minimum Gasteiger partial charge on any atom is -0.508 e. The maximum Gasteiger partial charge on any atom is 0.255 e. The summed E-state index contributed by atoms with van der Waals surface area (Å²) in [7, 11) is 6.78. The molecule has 12 heteroatoms. The number of nitrogens with one attached hydrogen (secondary N) is 1. The molecule has 4 atom stereocenters. The summed E-state index contributed by atoms with van der Waals surface area (Å²) in [6.45, 7) is 0.176. The van der Waals surface area contributed by atoms with E-state index in [1.54, 1.807) is 38.6 Å². The number of Topliss-reactive ketones (excluding diaryl/α,β-unsaturated/α-hetero) is 2. The first-order chi connectivity index (χ1) is 19.3. The SMILES string of the molecule is CN(C)c1cc(CNc2cccnc2)c(O)c2c1CC1CC3C(N(C)C)C(=O)C(C(N)=O)=C(O)C3(O)C(=O)C1=C2O. The first-order valence-corrected chi connectivity index (χ1v) is 13.1. The number of benzene rings is 1. The molecule has 216 valence electrons. The van der Waals surface area contributed by atoms with Gasteiger partial charge >= 0.3 is 0 Å². The molecule has 0 saturated heterocycles. The molecule has 7 N–H and O–H groups in total. The fraction of sp³-hybridized carbons (Fsp3) is 0.379. The molecule has 1 fully saturated rings. The third kappa shape index (κ3) is 4.13. The van der Waals surface area contributed by atoms with Crippen LogP contribution < -0.4 is 16.0 Å². The van der Waals surface area contributed by atoms with Crippen molar-refractivity contribution >= 4 is 34.6 Å². The molecular weight excluding hydrogens is 530 g/mol. The van der Waals surface area contributed by atoms with Crippen LogP contribution in [-0.2, 0) is 27.3 Å². The van der Waals surface area contributed by atoms with Crippen molar-refractivity contribution in [1.29, 1.82) is 0 Å². The van der Waals surface area contributed by atoms with E-state index in [0.29, 0.717) is 22.5 Å². The normalized spacial score (nSPS) is 25.6. The van der Waals surface area contributed by atoms with Gasteiger partial charge in [0.2, 0.25) is 5.78 Å². The number of aliphatic hydroxyl groups is 3. The van der Waals surface area contributed by atoms with Gasteiger partial charge in [-0.15, -0.1) is 0 Å². The van der Waals surface area contributed by atoms with E-state index in [1.165, 1.54) is 4.90 Å². The number of phenols is 1. The molecule has 1 aromatic carbocycles. The van der Waals surface area contributed by atoms with Gasteiger partial charge in [0.05, 0.1) is 17.3 Å². The van der Waals surface area contributed by atoms with Crippen LogP contribution in [0.4, 0.5) is 11.4 Å². The molecule has 41 heavy (non-hydrogen) atoms. The number of carbonyl (C=O) groups excluding carboxylic acids is 3. The van der Waals surface area contributed by atoms with Gasteiger partial charge in [-0.2, -0.15) is 0 Å². The predicted octanol–water partition coefficient (Wildman–Crippen LogP) is 1.04. The smallest absolute Gasteiger partial charge is 0.255 e. The number of aromatic hydroxyl groups is 1. The lowest BCUT2D eigenvalue weighted by atomic mass is 9.57. The monoisotopic (exact) mass is 563 g/mol. The van der Waals surface area contributed by atoms with Crippen molar-refractivity contribution in [3.05, 3.63) is 64.2 Å². The van der Waals surface area contributed by atoms with E-state index >= 15 is 0 Å². The fourth-order valence-electron chi connectivity index (χ4n) is 6.54. The lowest BCUT2D eigenvalue weighted by Crippen LogP contribution is -2.65. The van der Waals surface area contributed by atoms with Crippen molar-refractivity contribution in [3.63, 3.8) is 0 Å². The molecule has 0 aliphatic heterocycles. The van der Waals surface area contributed by atoms with E-state index in [4.69, 9.17) is 5.73 Å². The topological polar surface area (TPSA) is 190 Å². The Kier molecular flexibility index (Phi) is 6.79. The number of anilines is 2. The van der Waals surface area contributed by atoms with Crippen molar-refractivity contribution in [2.75, 3.05) is 38.4 Å². The van der Waals surface area contributed by atoms with E-state index in [2.05, 4.69) is 10.3 Å². The minimum atomic E-state index is -2.68. The van der Waals surface area contributed by atoms with Crippen molar-refractivity contribution < 1.29 is 34.8 Å². The number of nitrogens with two attached hydrogens (primary N) is 1. The van der Waals surface area contributed by atoms with Gasteiger partial charge in [-0.25, -0.2) is 0 Å². The van der Waals surface area contributed by atoms with Crippen LogP contribution in [0.1, 0.15) is 23.1 Å². The van der Waals surface area contributed by atoms with Crippen molar-refractivity contribution in [2.24, 2.45) is 17.6 Å². The largest absolute Gasteiger partial charge is 0.508 e. The Morgan fingerprint density at radius 2 is 1.90 bits per heavy atom. The summed E-state index contributed by atoms with van der Waals surface area (Å²) in [5.74, 6) is -6.74. The average Bonchev–Trinajstić information content (AvgIpc) is 2.90. The van der Waals surface area contributed by atoms with Gasteiger partial charge in [-0.1, -0.05) is 0 Å². The number of aromatic nitrogens is 1. The van der Waals surface area contributed by atoms with Crippen molar-refractivity contribution in [3.8, 4) is 5.75 Å². The predicted molar refractivity (Wildman–Crippen MR) is 150 cm³/mol. The van der Waals surface area contributed by atoms with Gasteiger partial charge in [0, 0.05) is 55.8 Å². The van der Waals surface area contributed by atoms with E-state index < -0.39 is 58.0 Å². The summed E-state index contributed by atoms with van der Waals surface area (Å²) in [5, 5.41) is 48.9. The Hall–Kier alpha value is -4.42. The Morgan fingerprint density at radius 1 is 1.20 bits per heavy atom. The summed E-state index contributed by atoms with van der Waals surface area (Å²) in [4.78, 5) is 46.8. The second kappa shape index (κ2) is 9.89. The third-order valence-corrected chi connectivity index (χ3v) is 8.40. The molecule has 0 radical (unpaired) electrons. The molecule has 12 nitrogen and oxygen atoms in total. The highest BCUT2D eigenvalue weighted by molar-refractivity contribution is 6.24. The highest BCUT2D eigenvalue weighted by Crippen LogP contribution is 2.54. The van der Waals surface area contributed by atoms with Crippen LogP contribution >= 0.6 is 0 Å². The van der Waals surface area contributed by atoms with Gasteiger partial charge < -0.3 is 36.4 Å². The molecule has 1 aromatic heterocycles. The molecule has 1 amide bonds. The number of rotatable bonds is 6. The molecule has 5 rings (SSSR count). The van der Waals surface area contributed by atoms with Crippen LogP contribution in [0.2, 0.25) is 0 Å². The molecular formula is C29H33N5O7. The Bertz CT molecular complexity index is 1530. The lowest BCUT2D eigenvalue weighted by molar-refractivity contribution is -0.153. The number of hydrogen-bond acceptors (Lipinski definition) is 11. The fourth-order valence-corrected chi connectivity index (χ4v) is 6.54. The Balaban J connectivity index is 1.68. The number of ketones is 2. The zero-order chi connectivity index (χ0) is 30.0. The first-order valence-electron chi connectivity index (χ1n) is 13.1. The van der Waals surface area contributed by atoms with E-state index in [0.717, 1.165) is 0 Å². The Labute approximate surface area is 236 Å². The highest BCUT2D eigenvalue weighted by atomic mass is 16.3. The number of hydrogen-bond donors (Lipinski definition) is 6. The summed E-state index contributed by atoms with van der Waals surface area (Å²) in [6, 6.07) is 4.25. The van der Waals surface area contributed by atoms with Crippen LogP contribution in [0.25, 0.3) is 5.76 Å². The standard InChI is InChI=1S/C29H33N5O7/c1-33(2)18-10-14(11-32-15-6-5-7-31-12-15)23(35)20-16(18)8-13-9-17-22(34(3)4)25(37)21(28(30)40)27(39)29(17,41)26(38)19(13)24(20)36/h5-7,10,12-13,17,22,32,35-36,39,41H,8-9,11H2,1-4H3,(H2,30,40). The van der Waals surface area contributed by atoms with Gasteiger partial charge in [-0.05, 0) is 56.6 Å². The van der Waals surface area contributed by atoms with E-state index in [1.807, 2.05) is 25.1 Å². The van der Waals surface area contributed by atoms with Crippen LogP contribution in [0, 0.1) is 11.8 Å². The summed E-state index contributed by atoms with van der Waals surface area (Å²) < 4.78 is 0. The maximum absolute atomic E-state index is 14.1. The van der Waals surface area contributed by atoms with Crippen LogP contribution in [0.5, 0.6) is 5.75 Å². The summed E-state index contributed by atoms with van der Waals surface area (Å²) >= 11 is 0. The Morgan fingerprint density at radius 3 is 2.49 bits per heavy atom.